The van der Waals surface area contributed by atoms with Gasteiger partial charge in [-0.25, -0.2) is 8.42 Å². The number of hydrogen-bond donors (Lipinski definition) is 0. The molecular formula is C12H16BrClO3S. The molecule has 0 radical (unpaired) electrons. The molecule has 0 aliphatic heterocycles. The molecule has 0 spiro atoms. The lowest BCUT2D eigenvalue weighted by molar-refractivity contribution is 0.0613. The first kappa shape index (κ1) is 16.0. The number of ether oxygens (including phenoxy) is 1. The monoisotopic (exact) mass is 354 g/mol. The quantitative estimate of drug-likeness (QED) is 0.733. The third kappa shape index (κ3) is 6.73. The summed E-state index contributed by atoms with van der Waals surface area (Å²) in [6, 6.07) is 7.78. The van der Waals surface area contributed by atoms with E-state index >= 15 is 0 Å². The molecule has 1 aromatic carbocycles. The van der Waals surface area contributed by atoms with Crippen LogP contribution in [0.3, 0.4) is 0 Å². The van der Waals surface area contributed by atoms with Gasteiger partial charge in [-0.2, -0.15) is 0 Å². The Morgan fingerprint density at radius 3 is 2.61 bits per heavy atom. The van der Waals surface area contributed by atoms with Crippen LogP contribution in [0.5, 0.6) is 0 Å². The van der Waals surface area contributed by atoms with Crippen molar-refractivity contribution in [3.8, 4) is 0 Å². The summed E-state index contributed by atoms with van der Waals surface area (Å²) in [5, 5.41) is 0. The van der Waals surface area contributed by atoms with Crippen LogP contribution < -0.4 is 0 Å². The van der Waals surface area contributed by atoms with Crippen LogP contribution in [0.2, 0.25) is 0 Å². The van der Waals surface area contributed by atoms with Crippen molar-refractivity contribution in [1.82, 2.24) is 0 Å². The lowest BCUT2D eigenvalue weighted by atomic mass is 9.98. The van der Waals surface area contributed by atoms with Crippen LogP contribution >= 0.6 is 26.6 Å². The molecule has 1 rings (SSSR count). The van der Waals surface area contributed by atoms with Crippen LogP contribution in [0.25, 0.3) is 0 Å². The van der Waals surface area contributed by atoms with Crippen molar-refractivity contribution in [3.05, 3.63) is 34.3 Å². The maximum Gasteiger partial charge on any atom is 0.233 e. The molecule has 0 fully saturated rings. The minimum atomic E-state index is -3.50. The van der Waals surface area contributed by atoms with E-state index in [0.29, 0.717) is 13.2 Å². The molecule has 0 saturated heterocycles. The Balaban J connectivity index is 2.46. The second-order valence-corrected chi connectivity index (χ2v) is 8.66. The maximum absolute atomic E-state index is 11.0. The molecule has 0 aliphatic rings. The predicted octanol–water partition coefficient (Wildman–Crippen LogP) is 3.56. The van der Waals surface area contributed by atoms with Gasteiger partial charge < -0.3 is 4.74 Å². The smallest absolute Gasteiger partial charge is 0.233 e. The Hall–Kier alpha value is -0.100. The lowest BCUT2D eigenvalue weighted by Gasteiger charge is -2.22. The predicted molar refractivity (Wildman–Crippen MR) is 77.2 cm³/mol. The van der Waals surface area contributed by atoms with Crippen LogP contribution in [0.15, 0.2) is 28.7 Å². The van der Waals surface area contributed by atoms with E-state index in [0.717, 1.165) is 10.0 Å². The zero-order chi connectivity index (χ0) is 13.8. The fourth-order valence-electron chi connectivity index (χ4n) is 1.58. The van der Waals surface area contributed by atoms with Crippen LogP contribution in [-0.4, -0.2) is 20.8 Å². The number of hydrogen-bond acceptors (Lipinski definition) is 3. The summed E-state index contributed by atoms with van der Waals surface area (Å²) in [4.78, 5) is 0. The van der Waals surface area contributed by atoms with Gasteiger partial charge in [0.25, 0.3) is 0 Å². The number of halogens is 2. The minimum Gasteiger partial charge on any atom is -0.376 e. The summed E-state index contributed by atoms with van der Waals surface area (Å²) in [5.41, 5.74) is 0.543. The first-order chi connectivity index (χ1) is 8.18. The first-order valence-corrected chi connectivity index (χ1v) is 8.70. The summed E-state index contributed by atoms with van der Waals surface area (Å²) >= 11 is 3.38. The molecule has 102 valence electrons. The highest BCUT2D eigenvalue weighted by molar-refractivity contribution is 9.10. The van der Waals surface area contributed by atoms with E-state index in [1.54, 1.807) is 0 Å². The van der Waals surface area contributed by atoms with E-state index in [-0.39, 0.29) is 5.75 Å². The summed E-state index contributed by atoms with van der Waals surface area (Å²) in [6.07, 6.45) is 0. The van der Waals surface area contributed by atoms with Gasteiger partial charge in [0.15, 0.2) is 0 Å². The Labute approximate surface area is 121 Å². The average Bonchev–Trinajstić information content (AvgIpc) is 2.13. The average molecular weight is 356 g/mol. The molecule has 0 aromatic heterocycles. The minimum absolute atomic E-state index is 0.0972. The van der Waals surface area contributed by atoms with Crippen molar-refractivity contribution in [3.63, 3.8) is 0 Å². The van der Waals surface area contributed by atoms with Gasteiger partial charge >= 0.3 is 0 Å². The van der Waals surface area contributed by atoms with E-state index in [1.165, 1.54) is 0 Å². The second kappa shape index (κ2) is 6.37. The van der Waals surface area contributed by atoms with Gasteiger partial charge in [-0.3, -0.25) is 0 Å². The zero-order valence-corrected chi connectivity index (χ0v) is 13.5. The van der Waals surface area contributed by atoms with Crippen molar-refractivity contribution in [2.45, 2.75) is 20.5 Å². The Kier molecular flexibility index (Phi) is 5.65. The molecule has 0 atom stereocenters. The van der Waals surface area contributed by atoms with Crippen molar-refractivity contribution in [1.29, 1.82) is 0 Å². The van der Waals surface area contributed by atoms with Gasteiger partial charge in [0.1, 0.15) is 0 Å². The van der Waals surface area contributed by atoms with Crippen molar-refractivity contribution >= 4 is 35.7 Å². The van der Waals surface area contributed by atoms with Crippen LogP contribution in [-0.2, 0) is 20.4 Å². The highest BCUT2D eigenvalue weighted by atomic mass is 79.9. The molecule has 1 aromatic rings. The number of benzene rings is 1. The summed E-state index contributed by atoms with van der Waals surface area (Å²) < 4.78 is 28.6. The topological polar surface area (TPSA) is 43.4 Å². The van der Waals surface area contributed by atoms with Crippen molar-refractivity contribution in [2.24, 2.45) is 5.41 Å². The number of rotatable bonds is 6. The van der Waals surface area contributed by atoms with Gasteiger partial charge in [-0.1, -0.05) is 41.9 Å². The largest absolute Gasteiger partial charge is 0.376 e. The molecule has 0 unspecified atom stereocenters. The van der Waals surface area contributed by atoms with Gasteiger partial charge in [-0.15, -0.1) is 0 Å². The molecule has 3 nitrogen and oxygen atoms in total. The molecule has 0 heterocycles. The van der Waals surface area contributed by atoms with Gasteiger partial charge in [0.2, 0.25) is 9.05 Å². The Morgan fingerprint density at radius 1 is 1.39 bits per heavy atom. The Morgan fingerprint density at radius 2 is 2.06 bits per heavy atom. The van der Waals surface area contributed by atoms with Gasteiger partial charge in [0.05, 0.1) is 19.0 Å². The molecule has 18 heavy (non-hydrogen) atoms. The lowest BCUT2D eigenvalue weighted by Crippen LogP contribution is -2.26. The molecule has 0 saturated carbocycles. The fourth-order valence-corrected chi connectivity index (χ4v) is 3.93. The van der Waals surface area contributed by atoms with Crippen LogP contribution in [0.1, 0.15) is 19.4 Å². The second-order valence-electron chi connectivity index (χ2n) is 4.97. The highest BCUT2D eigenvalue weighted by Crippen LogP contribution is 2.21. The SMILES string of the molecule is CC(C)(COCc1cccc(Br)c1)CS(=O)(=O)Cl. The van der Waals surface area contributed by atoms with E-state index < -0.39 is 14.5 Å². The molecular weight excluding hydrogens is 340 g/mol. The summed E-state index contributed by atoms with van der Waals surface area (Å²) in [5.74, 6) is -0.0972. The van der Waals surface area contributed by atoms with E-state index in [2.05, 4.69) is 15.9 Å². The van der Waals surface area contributed by atoms with Crippen molar-refractivity contribution < 1.29 is 13.2 Å². The van der Waals surface area contributed by atoms with E-state index in [9.17, 15) is 8.42 Å². The van der Waals surface area contributed by atoms with Crippen molar-refractivity contribution in [2.75, 3.05) is 12.4 Å². The molecule has 0 aliphatic carbocycles. The van der Waals surface area contributed by atoms with Crippen LogP contribution in [0.4, 0.5) is 0 Å². The molecule has 0 N–H and O–H groups in total. The van der Waals surface area contributed by atoms with Gasteiger partial charge in [-0.05, 0) is 17.7 Å². The summed E-state index contributed by atoms with van der Waals surface area (Å²) in [6.45, 7) is 4.42. The standard InChI is InChI=1S/C12H16BrClO3S/c1-12(2,9-18(14,15)16)8-17-7-10-4-3-5-11(13)6-10/h3-6H,7-9H2,1-2H3. The normalized spacial score (nSPS) is 12.7. The molecule has 0 amide bonds. The van der Waals surface area contributed by atoms with E-state index in [1.807, 2.05) is 38.1 Å². The third-order valence-electron chi connectivity index (χ3n) is 2.21. The van der Waals surface area contributed by atoms with Crippen LogP contribution in [0, 0.1) is 5.41 Å². The Bertz CT molecular complexity index is 500. The van der Waals surface area contributed by atoms with Gasteiger partial charge in [0, 0.05) is 20.6 Å². The zero-order valence-electron chi connectivity index (χ0n) is 10.3. The highest BCUT2D eigenvalue weighted by Gasteiger charge is 2.25. The fraction of sp³-hybridized carbons (Fsp3) is 0.500. The third-order valence-corrected chi connectivity index (χ3v) is 4.16. The maximum atomic E-state index is 11.0. The summed E-state index contributed by atoms with van der Waals surface area (Å²) in [7, 11) is 1.75. The first-order valence-electron chi connectivity index (χ1n) is 5.42. The molecule has 0 bridgehead atoms. The molecule has 6 heteroatoms. The van der Waals surface area contributed by atoms with E-state index in [4.69, 9.17) is 15.4 Å².